The standard InChI is InChI=1S/C24H20F3N7O/c1-13-9-16(25)15(10-19(13)33-11-18(28-12-33)14-5-6-14)23(35)30-20-4-2-3-17(29-20)22-32-31-21-7-8-24(26,27)34(21)22/h2-4,9-12,14H,5-8H2,1H3,(H,29,30,35). The largest absolute Gasteiger partial charge is 0.332 e. The highest BCUT2D eigenvalue weighted by Crippen LogP contribution is 2.39. The van der Waals surface area contributed by atoms with Crippen molar-refractivity contribution in [2.24, 2.45) is 0 Å². The second-order valence-electron chi connectivity index (χ2n) is 8.90. The number of hydrogen-bond donors (Lipinski definition) is 1. The van der Waals surface area contributed by atoms with E-state index in [9.17, 15) is 18.0 Å². The predicted molar refractivity (Wildman–Crippen MR) is 120 cm³/mol. The molecule has 1 fully saturated rings. The smallest absolute Gasteiger partial charge is 0.306 e. The molecule has 1 aromatic carbocycles. The molecule has 0 spiro atoms. The molecule has 4 aromatic rings. The fourth-order valence-electron chi connectivity index (χ4n) is 4.35. The highest BCUT2D eigenvalue weighted by atomic mass is 19.3. The first-order valence-electron chi connectivity index (χ1n) is 11.3. The van der Waals surface area contributed by atoms with Crippen molar-refractivity contribution in [3.8, 4) is 17.2 Å². The van der Waals surface area contributed by atoms with Crippen LogP contribution < -0.4 is 5.32 Å². The van der Waals surface area contributed by atoms with E-state index in [1.165, 1.54) is 24.3 Å². The van der Waals surface area contributed by atoms with Gasteiger partial charge in [-0.1, -0.05) is 6.07 Å². The van der Waals surface area contributed by atoms with E-state index in [4.69, 9.17) is 0 Å². The van der Waals surface area contributed by atoms with Crippen molar-refractivity contribution in [2.75, 3.05) is 5.32 Å². The minimum Gasteiger partial charge on any atom is -0.306 e. The molecule has 1 saturated carbocycles. The second-order valence-corrected chi connectivity index (χ2v) is 8.90. The number of halogens is 3. The number of amides is 1. The zero-order valence-corrected chi connectivity index (χ0v) is 18.7. The fraction of sp³-hybridized carbons (Fsp3) is 0.292. The number of alkyl halides is 2. The van der Waals surface area contributed by atoms with Gasteiger partial charge in [-0.05, 0) is 49.6 Å². The molecule has 1 aliphatic carbocycles. The fourth-order valence-corrected chi connectivity index (χ4v) is 4.35. The van der Waals surface area contributed by atoms with E-state index in [-0.39, 0.29) is 41.6 Å². The third-order valence-corrected chi connectivity index (χ3v) is 6.33. The predicted octanol–water partition coefficient (Wildman–Crippen LogP) is 4.60. The maximum absolute atomic E-state index is 14.8. The Hall–Kier alpha value is -4.02. The lowest BCUT2D eigenvalue weighted by Gasteiger charge is -2.14. The van der Waals surface area contributed by atoms with Crippen molar-refractivity contribution in [3.05, 3.63) is 71.3 Å². The van der Waals surface area contributed by atoms with Crippen LogP contribution >= 0.6 is 0 Å². The summed E-state index contributed by atoms with van der Waals surface area (Å²) in [6.45, 7) is 1.76. The summed E-state index contributed by atoms with van der Waals surface area (Å²) >= 11 is 0. The van der Waals surface area contributed by atoms with Crippen molar-refractivity contribution in [2.45, 2.75) is 44.6 Å². The van der Waals surface area contributed by atoms with Crippen molar-refractivity contribution in [1.29, 1.82) is 0 Å². The molecule has 1 aliphatic heterocycles. The Labute approximate surface area is 197 Å². The van der Waals surface area contributed by atoms with Gasteiger partial charge in [-0.25, -0.2) is 18.9 Å². The summed E-state index contributed by atoms with van der Waals surface area (Å²) < 4.78 is 45.9. The summed E-state index contributed by atoms with van der Waals surface area (Å²) in [6.07, 6.45) is 5.54. The van der Waals surface area contributed by atoms with Gasteiger partial charge in [0.2, 0.25) is 0 Å². The van der Waals surface area contributed by atoms with Crippen LogP contribution in [0.25, 0.3) is 17.2 Å². The molecule has 4 heterocycles. The zero-order chi connectivity index (χ0) is 24.3. The van der Waals surface area contributed by atoms with E-state index in [0.29, 0.717) is 17.2 Å². The topological polar surface area (TPSA) is 90.5 Å². The molecule has 178 valence electrons. The van der Waals surface area contributed by atoms with Crippen LogP contribution in [0.3, 0.4) is 0 Å². The third-order valence-electron chi connectivity index (χ3n) is 6.33. The minimum atomic E-state index is -3.11. The lowest BCUT2D eigenvalue weighted by atomic mass is 10.1. The van der Waals surface area contributed by atoms with Gasteiger partial charge in [0.25, 0.3) is 5.91 Å². The van der Waals surface area contributed by atoms with Gasteiger partial charge >= 0.3 is 6.05 Å². The van der Waals surface area contributed by atoms with Crippen LogP contribution in [0.15, 0.2) is 42.9 Å². The van der Waals surface area contributed by atoms with Gasteiger partial charge in [-0.3, -0.25) is 4.79 Å². The number of carbonyl (C=O) groups is 1. The van der Waals surface area contributed by atoms with Crippen LogP contribution in [0.2, 0.25) is 0 Å². The van der Waals surface area contributed by atoms with E-state index in [0.717, 1.165) is 23.1 Å². The molecule has 8 nitrogen and oxygen atoms in total. The van der Waals surface area contributed by atoms with E-state index in [2.05, 4.69) is 25.5 Å². The monoisotopic (exact) mass is 479 g/mol. The Balaban J connectivity index is 1.29. The molecule has 0 radical (unpaired) electrons. The van der Waals surface area contributed by atoms with Crippen LogP contribution in [-0.2, 0) is 12.5 Å². The Kier molecular flexibility index (Phi) is 4.77. The van der Waals surface area contributed by atoms with Crippen LogP contribution in [0.1, 0.15) is 52.6 Å². The molecule has 0 unspecified atom stereocenters. The molecule has 1 amide bonds. The molecule has 2 aliphatic rings. The lowest BCUT2D eigenvalue weighted by molar-refractivity contribution is -0.0714. The maximum Gasteiger partial charge on any atom is 0.332 e. The molecule has 6 rings (SSSR count). The number of carbonyl (C=O) groups excluding carboxylic acids is 1. The molecular formula is C24H20F3N7O. The summed E-state index contributed by atoms with van der Waals surface area (Å²) in [5.74, 6) is -0.769. The van der Waals surface area contributed by atoms with Crippen molar-refractivity contribution < 1.29 is 18.0 Å². The van der Waals surface area contributed by atoms with Gasteiger partial charge in [-0.15, -0.1) is 10.2 Å². The summed E-state index contributed by atoms with van der Waals surface area (Å²) in [5.41, 5.74) is 2.22. The number of nitrogens with one attached hydrogen (secondary N) is 1. The quantitative estimate of drug-likeness (QED) is 0.452. The van der Waals surface area contributed by atoms with Gasteiger partial charge < -0.3 is 9.88 Å². The summed E-state index contributed by atoms with van der Waals surface area (Å²) in [7, 11) is 0. The summed E-state index contributed by atoms with van der Waals surface area (Å²) in [4.78, 5) is 21.6. The molecule has 11 heteroatoms. The number of fused-ring (bicyclic) bond motifs is 1. The molecule has 0 saturated heterocycles. The zero-order valence-electron chi connectivity index (χ0n) is 18.7. The van der Waals surface area contributed by atoms with Gasteiger partial charge in [0.1, 0.15) is 23.2 Å². The Morgan fingerprint density at radius 3 is 2.83 bits per heavy atom. The highest BCUT2D eigenvalue weighted by Gasteiger charge is 2.42. The molecule has 35 heavy (non-hydrogen) atoms. The first kappa shape index (κ1) is 21.5. The third kappa shape index (κ3) is 3.76. The number of aryl methyl sites for hydroxylation is 2. The number of anilines is 1. The van der Waals surface area contributed by atoms with Crippen LogP contribution in [0.4, 0.5) is 19.0 Å². The molecule has 0 atom stereocenters. The van der Waals surface area contributed by atoms with Crippen molar-refractivity contribution in [3.63, 3.8) is 0 Å². The molecule has 0 bridgehead atoms. The summed E-state index contributed by atoms with van der Waals surface area (Å²) in [5, 5.41) is 10.3. The van der Waals surface area contributed by atoms with E-state index in [1.54, 1.807) is 23.9 Å². The van der Waals surface area contributed by atoms with Crippen LogP contribution in [0.5, 0.6) is 0 Å². The number of rotatable bonds is 5. The van der Waals surface area contributed by atoms with Gasteiger partial charge in [0, 0.05) is 25.0 Å². The van der Waals surface area contributed by atoms with E-state index >= 15 is 0 Å². The molecule has 3 aromatic heterocycles. The average molecular weight is 479 g/mol. The Morgan fingerprint density at radius 2 is 2.03 bits per heavy atom. The highest BCUT2D eigenvalue weighted by molar-refractivity contribution is 6.04. The van der Waals surface area contributed by atoms with E-state index < -0.39 is 17.8 Å². The first-order chi connectivity index (χ1) is 16.8. The maximum atomic E-state index is 14.8. The number of imidazole rings is 1. The Morgan fingerprint density at radius 1 is 1.20 bits per heavy atom. The molecule has 1 N–H and O–H groups in total. The van der Waals surface area contributed by atoms with Gasteiger partial charge in [-0.2, -0.15) is 8.78 Å². The normalized spacial score (nSPS) is 16.3. The van der Waals surface area contributed by atoms with Gasteiger partial charge in [0.05, 0.1) is 23.3 Å². The molecular weight excluding hydrogens is 459 g/mol. The van der Waals surface area contributed by atoms with Crippen LogP contribution in [0, 0.1) is 12.7 Å². The second kappa shape index (κ2) is 7.76. The minimum absolute atomic E-state index is 0.0753. The number of nitrogens with zero attached hydrogens (tertiary/aromatic N) is 6. The van der Waals surface area contributed by atoms with Crippen LogP contribution in [-0.4, -0.2) is 35.2 Å². The number of hydrogen-bond acceptors (Lipinski definition) is 5. The average Bonchev–Trinajstić information content (AvgIpc) is 3.25. The first-order valence-corrected chi connectivity index (χ1v) is 11.3. The van der Waals surface area contributed by atoms with Crippen molar-refractivity contribution >= 4 is 11.7 Å². The Bertz CT molecular complexity index is 1470. The lowest BCUT2D eigenvalue weighted by Crippen LogP contribution is -2.19. The van der Waals surface area contributed by atoms with E-state index in [1.807, 2.05) is 6.20 Å². The number of benzene rings is 1. The SMILES string of the molecule is Cc1cc(F)c(C(=O)Nc2cccc(-c3nnc4n3C(F)(F)CC4)n2)cc1-n1cnc(C2CC2)c1. The number of pyridine rings is 1. The van der Waals surface area contributed by atoms with Gasteiger partial charge in [0.15, 0.2) is 5.82 Å². The van der Waals surface area contributed by atoms with Crippen molar-refractivity contribution in [1.82, 2.24) is 29.3 Å². The summed E-state index contributed by atoms with van der Waals surface area (Å²) in [6, 6.07) is 4.20. The number of aromatic nitrogens is 6.